The second-order valence-electron chi connectivity index (χ2n) is 8.58. The lowest BCUT2D eigenvalue weighted by molar-refractivity contribution is -0.173. The Hall–Kier alpha value is -0.870. The molecule has 2 aliphatic rings. The SMILES string of the molecule is CCC(C)C(=O)OC1CC(C)=CC(O)C2(C)CCC(O)(C(C)C)C12. The molecule has 1 fully saturated rings. The standard InChI is InChI=1S/C20H34O4/c1-7-14(5)18(22)24-15-10-13(4)11-16(21)19(6)8-9-20(23,12(2)3)17(15)19/h11-12,14-17,21,23H,7-10H2,1-6H3. The first-order chi connectivity index (χ1) is 11.1. The van der Waals surface area contributed by atoms with Crippen molar-refractivity contribution >= 4 is 5.97 Å². The van der Waals surface area contributed by atoms with E-state index in [-0.39, 0.29) is 29.8 Å². The number of ether oxygens (including phenoxy) is 1. The monoisotopic (exact) mass is 338 g/mol. The van der Waals surface area contributed by atoms with E-state index in [1.807, 2.05) is 47.6 Å². The van der Waals surface area contributed by atoms with Crippen LogP contribution in [0.1, 0.15) is 67.2 Å². The van der Waals surface area contributed by atoms with Crippen LogP contribution >= 0.6 is 0 Å². The highest BCUT2D eigenvalue weighted by Crippen LogP contribution is 2.58. The van der Waals surface area contributed by atoms with Gasteiger partial charge in [-0.25, -0.2) is 0 Å². The first-order valence-electron chi connectivity index (χ1n) is 9.34. The van der Waals surface area contributed by atoms with Gasteiger partial charge in [0.2, 0.25) is 0 Å². The van der Waals surface area contributed by atoms with E-state index in [4.69, 9.17) is 4.74 Å². The van der Waals surface area contributed by atoms with Crippen LogP contribution in [-0.2, 0) is 9.53 Å². The van der Waals surface area contributed by atoms with Crippen molar-refractivity contribution in [2.45, 2.75) is 85.0 Å². The quantitative estimate of drug-likeness (QED) is 0.608. The molecule has 6 atom stereocenters. The first kappa shape index (κ1) is 19.5. The Kier molecular flexibility index (Phi) is 5.51. The summed E-state index contributed by atoms with van der Waals surface area (Å²) in [4.78, 5) is 12.4. The van der Waals surface area contributed by atoms with Gasteiger partial charge in [0.25, 0.3) is 0 Å². The predicted molar refractivity (Wildman–Crippen MR) is 94.3 cm³/mol. The molecule has 6 unspecified atom stereocenters. The van der Waals surface area contributed by atoms with Gasteiger partial charge in [-0.05, 0) is 32.1 Å². The molecule has 0 saturated heterocycles. The Morgan fingerprint density at radius 3 is 2.54 bits per heavy atom. The third-order valence-electron chi connectivity index (χ3n) is 6.61. The van der Waals surface area contributed by atoms with Crippen LogP contribution in [0.5, 0.6) is 0 Å². The largest absolute Gasteiger partial charge is 0.461 e. The third kappa shape index (κ3) is 3.15. The van der Waals surface area contributed by atoms with Gasteiger partial charge in [0.1, 0.15) is 6.10 Å². The summed E-state index contributed by atoms with van der Waals surface area (Å²) in [6.45, 7) is 11.9. The molecule has 0 radical (unpaired) electrons. The molecule has 0 spiro atoms. The van der Waals surface area contributed by atoms with E-state index in [0.717, 1.165) is 18.4 Å². The van der Waals surface area contributed by atoms with E-state index in [1.54, 1.807) is 0 Å². The van der Waals surface area contributed by atoms with Crippen LogP contribution < -0.4 is 0 Å². The van der Waals surface area contributed by atoms with Crippen LogP contribution in [0.2, 0.25) is 0 Å². The van der Waals surface area contributed by atoms with Crippen LogP contribution in [0, 0.1) is 23.2 Å². The molecule has 138 valence electrons. The molecule has 0 heterocycles. The van der Waals surface area contributed by atoms with Crippen LogP contribution in [0.3, 0.4) is 0 Å². The number of hydrogen-bond acceptors (Lipinski definition) is 4. The van der Waals surface area contributed by atoms with Crippen molar-refractivity contribution in [3.63, 3.8) is 0 Å². The summed E-state index contributed by atoms with van der Waals surface area (Å²) in [5, 5.41) is 22.2. The van der Waals surface area contributed by atoms with Crippen molar-refractivity contribution in [2.24, 2.45) is 23.2 Å². The summed E-state index contributed by atoms with van der Waals surface area (Å²) < 4.78 is 5.92. The molecule has 0 amide bonds. The van der Waals surface area contributed by atoms with Crippen molar-refractivity contribution < 1.29 is 19.7 Å². The summed E-state index contributed by atoms with van der Waals surface area (Å²) in [6.07, 6.45) is 3.55. The van der Waals surface area contributed by atoms with E-state index in [9.17, 15) is 15.0 Å². The molecule has 2 aliphatic carbocycles. The first-order valence-corrected chi connectivity index (χ1v) is 9.34. The number of aliphatic hydroxyl groups is 2. The molecule has 0 bridgehead atoms. The molecule has 0 aromatic rings. The van der Waals surface area contributed by atoms with Crippen molar-refractivity contribution in [3.05, 3.63) is 11.6 Å². The van der Waals surface area contributed by atoms with Gasteiger partial charge in [-0.3, -0.25) is 4.79 Å². The van der Waals surface area contributed by atoms with E-state index in [1.165, 1.54) is 0 Å². The minimum absolute atomic E-state index is 0.0414. The Labute approximate surface area is 146 Å². The van der Waals surface area contributed by atoms with Gasteiger partial charge in [-0.15, -0.1) is 0 Å². The van der Waals surface area contributed by atoms with E-state index >= 15 is 0 Å². The normalized spacial score (nSPS) is 40.7. The highest BCUT2D eigenvalue weighted by Gasteiger charge is 2.61. The van der Waals surface area contributed by atoms with Gasteiger partial charge < -0.3 is 14.9 Å². The predicted octanol–water partition coefficient (Wildman–Crippen LogP) is 3.46. The van der Waals surface area contributed by atoms with Gasteiger partial charge in [-0.1, -0.05) is 46.3 Å². The molecule has 2 rings (SSSR count). The molecule has 0 aromatic heterocycles. The van der Waals surface area contributed by atoms with Crippen molar-refractivity contribution in [3.8, 4) is 0 Å². The van der Waals surface area contributed by atoms with Gasteiger partial charge in [0.15, 0.2) is 0 Å². The smallest absolute Gasteiger partial charge is 0.308 e. The van der Waals surface area contributed by atoms with E-state index < -0.39 is 17.1 Å². The summed E-state index contributed by atoms with van der Waals surface area (Å²) in [5.41, 5.74) is -0.377. The fraction of sp³-hybridized carbons (Fsp3) is 0.850. The van der Waals surface area contributed by atoms with Crippen LogP contribution in [0.15, 0.2) is 11.6 Å². The Balaban J connectivity index is 2.43. The van der Waals surface area contributed by atoms with Crippen LogP contribution in [-0.4, -0.2) is 34.0 Å². The lowest BCUT2D eigenvalue weighted by Crippen LogP contribution is -2.52. The lowest BCUT2D eigenvalue weighted by Gasteiger charge is -2.45. The zero-order chi connectivity index (χ0) is 18.3. The van der Waals surface area contributed by atoms with Gasteiger partial charge in [0, 0.05) is 17.8 Å². The number of aliphatic hydroxyl groups excluding tert-OH is 1. The maximum Gasteiger partial charge on any atom is 0.308 e. The van der Waals surface area contributed by atoms with Crippen LogP contribution in [0.25, 0.3) is 0 Å². The Morgan fingerprint density at radius 2 is 2.00 bits per heavy atom. The van der Waals surface area contributed by atoms with Gasteiger partial charge >= 0.3 is 5.97 Å². The molecule has 24 heavy (non-hydrogen) atoms. The van der Waals surface area contributed by atoms with Gasteiger partial charge in [0.05, 0.1) is 17.6 Å². The minimum atomic E-state index is -0.922. The molecular formula is C20H34O4. The lowest BCUT2D eigenvalue weighted by atomic mass is 9.66. The number of carbonyl (C=O) groups is 1. The number of hydrogen-bond donors (Lipinski definition) is 2. The summed E-state index contributed by atoms with van der Waals surface area (Å²) >= 11 is 0. The fourth-order valence-electron chi connectivity index (χ4n) is 4.58. The third-order valence-corrected chi connectivity index (χ3v) is 6.61. The molecule has 2 N–H and O–H groups in total. The molecule has 0 aromatic carbocycles. The second-order valence-corrected chi connectivity index (χ2v) is 8.58. The average molecular weight is 338 g/mol. The van der Waals surface area contributed by atoms with Crippen molar-refractivity contribution in [1.82, 2.24) is 0 Å². The topological polar surface area (TPSA) is 66.8 Å². The highest BCUT2D eigenvalue weighted by molar-refractivity contribution is 5.72. The van der Waals surface area contributed by atoms with Gasteiger partial charge in [-0.2, -0.15) is 0 Å². The number of fused-ring (bicyclic) bond motifs is 1. The summed E-state index contributed by atoms with van der Waals surface area (Å²) in [6, 6.07) is 0. The molecule has 1 saturated carbocycles. The maximum absolute atomic E-state index is 12.4. The highest BCUT2D eigenvalue weighted by atomic mass is 16.5. The average Bonchev–Trinajstić information content (AvgIpc) is 2.74. The summed E-state index contributed by atoms with van der Waals surface area (Å²) in [7, 11) is 0. The minimum Gasteiger partial charge on any atom is -0.461 e. The zero-order valence-electron chi connectivity index (χ0n) is 16.0. The maximum atomic E-state index is 12.4. The van der Waals surface area contributed by atoms with Crippen molar-refractivity contribution in [2.75, 3.05) is 0 Å². The molecule has 4 nitrogen and oxygen atoms in total. The number of carbonyl (C=O) groups excluding carboxylic acids is 1. The van der Waals surface area contributed by atoms with Crippen LogP contribution in [0.4, 0.5) is 0 Å². The van der Waals surface area contributed by atoms with Crippen molar-refractivity contribution in [1.29, 1.82) is 0 Å². The molecule has 0 aliphatic heterocycles. The second kappa shape index (κ2) is 6.80. The Bertz CT molecular complexity index is 512. The molecular weight excluding hydrogens is 304 g/mol. The zero-order valence-corrected chi connectivity index (χ0v) is 16.0. The number of esters is 1. The van der Waals surface area contributed by atoms with E-state index in [0.29, 0.717) is 12.8 Å². The Morgan fingerprint density at radius 1 is 1.38 bits per heavy atom. The fourth-order valence-corrected chi connectivity index (χ4v) is 4.58. The molecule has 4 heteroatoms. The number of rotatable bonds is 4. The summed E-state index contributed by atoms with van der Waals surface area (Å²) in [5.74, 6) is -0.573. The van der Waals surface area contributed by atoms with E-state index in [2.05, 4.69) is 0 Å².